The second-order valence-electron chi connectivity index (χ2n) is 7.45. The Hall–Kier alpha value is 0.270. The molecule has 3 aliphatic rings. The first kappa shape index (κ1) is 16.1. The Balaban J connectivity index is 1.60. The third-order valence-electron chi connectivity index (χ3n) is 6.03. The lowest BCUT2D eigenvalue weighted by Gasteiger charge is -2.46. The summed E-state index contributed by atoms with van der Waals surface area (Å²) in [7, 11) is 0. The van der Waals surface area contributed by atoms with Gasteiger partial charge in [-0.1, -0.05) is 32.6 Å². The number of hydrogen-bond donors (Lipinski definition) is 1. The van der Waals surface area contributed by atoms with E-state index < -0.39 is 0 Å². The van der Waals surface area contributed by atoms with Crippen LogP contribution < -0.4 is 5.32 Å². The van der Waals surface area contributed by atoms with Gasteiger partial charge in [0, 0.05) is 12.6 Å². The van der Waals surface area contributed by atoms with Crippen LogP contribution in [0.4, 0.5) is 0 Å². The molecular formula is C18H33NOS. The maximum absolute atomic E-state index is 6.29. The normalized spacial score (nSPS) is 31.6. The molecule has 2 atom stereocenters. The molecule has 2 heterocycles. The zero-order valence-electron chi connectivity index (χ0n) is 13.7. The van der Waals surface area contributed by atoms with E-state index in [0.717, 1.165) is 31.0 Å². The Morgan fingerprint density at radius 2 is 1.95 bits per heavy atom. The van der Waals surface area contributed by atoms with Gasteiger partial charge in [-0.15, -0.1) is 0 Å². The number of rotatable bonds is 5. The molecule has 122 valence electrons. The molecule has 0 radical (unpaired) electrons. The summed E-state index contributed by atoms with van der Waals surface area (Å²) in [6.07, 6.45) is 12.5. The minimum Gasteiger partial charge on any atom is -0.375 e. The van der Waals surface area contributed by atoms with Crippen LogP contribution in [0.2, 0.25) is 0 Å². The summed E-state index contributed by atoms with van der Waals surface area (Å²) in [6, 6.07) is 0.744. The number of thioether (sulfide) groups is 1. The van der Waals surface area contributed by atoms with Gasteiger partial charge < -0.3 is 10.1 Å². The van der Waals surface area contributed by atoms with Gasteiger partial charge in [-0.3, -0.25) is 0 Å². The van der Waals surface area contributed by atoms with Crippen molar-refractivity contribution in [3.05, 3.63) is 0 Å². The Bertz CT molecular complexity index is 305. The molecule has 2 unspecified atom stereocenters. The molecule has 3 fully saturated rings. The molecule has 0 aromatic carbocycles. The summed E-state index contributed by atoms with van der Waals surface area (Å²) in [4.78, 5) is 0. The third kappa shape index (κ3) is 4.17. The zero-order valence-corrected chi connectivity index (χ0v) is 14.6. The van der Waals surface area contributed by atoms with E-state index in [1.54, 1.807) is 0 Å². The van der Waals surface area contributed by atoms with E-state index in [4.69, 9.17) is 4.74 Å². The maximum Gasteiger partial charge on any atom is 0.0701 e. The van der Waals surface area contributed by atoms with E-state index in [1.807, 2.05) is 0 Å². The molecule has 1 saturated carbocycles. The first-order valence-electron chi connectivity index (χ1n) is 9.26. The van der Waals surface area contributed by atoms with Crippen molar-refractivity contribution >= 4 is 11.8 Å². The summed E-state index contributed by atoms with van der Waals surface area (Å²) in [5.74, 6) is 4.46. The van der Waals surface area contributed by atoms with Crippen molar-refractivity contribution in [1.29, 1.82) is 0 Å². The quantitative estimate of drug-likeness (QED) is 0.820. The highest BCUT2D eigenvalue weighted by molar-refractivity contribution is 7.99. The molecule has 21 heavy (non-hydrogen) atoms. The average molecular weight is 312 g/mol. The summed E-state index contributed by atoms with van der Waals surface area (Å²) in [6.45, 7) is 4.40. The second kappa shape index (κ2) is 7.70. The fourth-order valence-electron chi connectivity index (χ4n) is 4.81. The van der Waals surface area contributed by atoms with Gasteiger partial charge in [0.05, 0.1) is 5.60 Å². The fourth-order valence-corrected chi connectivity index (χ4v) is 6.05. The van der Waals surface area contributed by atoms with E-state index in [9.17, 15) is 0 Å². The molecule has 3 heteroatoms. The Morgan fingerprint density at radius 1 is 1.19 bits per heavy atom. The van der Waals surface area contributed by atoms with Crippen LogP contribution in [0.25, 0.3) is 0 Å². The average Bonchev–Trinajstić information content (AvgIpc) is 3.01. The molecule has 1 spiro atoms. The number of hydrogen-bond acceptors (Lipinski definition) is 3. The Kier molecular flexibility index (Phi) is 5.92. The summed E-state index contributed by atoms with van der Waals surface area (Å²) in [5, 5.41) is 3.84. The van der Waals surface area contributed by atoms with Crippen molar-refractivity contribution in [3.8, 4) is 0 Å². The smallest absolute Gasteiger partial charge is 0.0701 e. The first-order chi connectivity index (χ1) is 10.3. The highest BCUT2D eigenvalue weighted by Crippen LogP contribution is 2.42. The molecule has 2 saturated heterocycles. The van der Waals surface area contributed by atoms with Crippen LogP contribution in [0.1, 0.15) is 64.7 Å². The Morgan fingerprint density at radius 3 is 2.67 bits per heavy atom. The van der Waals surface area contributed by atoms with Crippen LogP contribution in [0.3, 0.4) is 0 Å². The molecule has 2 aliphatic heterocycles. The monoisotopic (exact) mass is 311 g/mol. The van der Waals surface area contributed by atoms with Crippen LogP contribution in [-0.4, -0.2) is 36.3 Å². The molecule has 1 N–H and O–H groups in total. The van der Waals surface area contributed by atoms with Crippen molar-refractivity contribution in [2.75, 3.05) is 24.7 Å². The van der Waals surface area contributed by atoms with Gasteiger partial charge in [-0.2, -0.15) is 11.8 Å². The maximum atomic E-state index is 6.29. The van der Waals surface area contributed by atoms with Gasteiger partial charge in [-0.25, -0.2) is 0 Å². The predicted molar refractivity (Wildman–Crippen MR) is 92.0 cm³/mol. The minimum atomic E-state index is 0.248. The van der Waals surface area contributed by atoms with Gasteiger partial charge in [0.15, 0.2) is 0 Å². The summed E-state index contributed by atoms with van der Waals surface area (Å²) >= 11 is 2.11. The molecule has 0 aromatic rings. The topological polar surface area (TPSA) is 21.3 Å². The van der Waals surface area contributed by atoms with E-state index in [-0.39, 0.29) is 5.60 Å². The number of ether oxygens (including phenoxy) is 1. The van der Waals surface area contributed by atoms with Crippen molar-refractivity contribution in [3.63, 3.8) is 0 Å². The van der Waals surface area contributed by atoms with Crippen LogP contribution in [0.15, 0.2) is 0 Å². The van der Waals surface area contributed by atoms with E-state index in [2.05, 4.69) is 24.0 Å². The molecule has 3 rings (SSSR count). The van der Waals surface area contributed by atoms with E-state index in [0.29, 0.717) is 0 Å². The lowest BCUT2D eigenvalue weighted by atomic mass is 9.76. The van der Waals surface area contributed by atoms with Crippen molar-refractivity contribution in [1.82, 2.24) is 5.32 Å². The predicted octanol–water partition coefficient (Wildman–Crippen LogP) is 4.24. The van der Waals surface area contributed by atoms with Gasteiger partial charge in [0.25, 0.3) is 0 Å². The van der Waals surface area contributed by atoms with Gasteiger partial charge in [0.1, 0.15) is 0 Å². The second-order valence-corrected chi connectivity index (χ2v) is 8.67. The fraction of sp³-hybridized carbons (Fsp3) is 1.00. The first-order valence-corrected chi connectivity index (χ1v) is 10.4. The van der Waals surface area contributed by atoms with Crippen LogP contribution >= 0.6 is 11.8 Å². The standard InChI is InChI=1S/C18H33NOS/c1-2-19-17(13-15-5-3-4-6-15)16-7-10-20-18(14-16)8-11-21-12-9-18/h15-17,19H,2-14H2,1H3. The molecular weight excluding hydrogens is 278 g/mol. The zero-order chi connectivity index (χ0) is 14.5. The van der Waals surface area contributed by atoms with E-state index in [1.165, 1.54) is 69.3 Å². The van der Waals surface area contributed by atoms with Gasteiger partial charge in [0.2, 0.25) is 0 Å². The van der Waals surface area contributed by atoms with Gasteiger partial charge in [-0.05, 0) is 62.0 Å². The lowest BCUT2D eigenvalue weighted by Crippen LogP contribution is -2.48. The summed E-state index contributed by atoms with van der Waals surface area (Å²) < 4.78 is 6.29. The number of nitrogens with one attached hydrogen (secondary N) is 1. The molecule has 0 bridgehead atoms. The lowest BCUT2D eigenvalue weighted by molar-refractivity contribution is -0.108. The largest absolute Gasteiger partial charge is 0.375 e. The van der Waals surface area contributed by atoms with Crippen molar-refractivity contribution < 1.29 is 4.74 Å². The summed E-state index contributed by atoms with van der Waals surface area (Å²) in [5.41, 5.74) is 0.248. The van der Waals surface area contributed by atoms with Crippen molar-refractivity contribution in [2.24, 2.45) is 11.8 Å². The molecule has 0 amide bonds. The SMILES string of the molecule is CCNC(CC1CCCC1)C1CCOC2(CCSCC2)C1. The van der Waals surface area contributed by atoms with E-state index >= 15 is 0 Å². The molecule has 2 nitrogen and oxygen atoms in total. The highest BCUT2D eigenvalue weighted by atomic mass is 32.2. The Labute approximate surface area is 135 Å². The molecule has 1 aliphatic carbocycles. The molecule has 0 aromatic heterocycles. The van der Waals surface area contributed by atoms with Crippen LogP contribution in [-0.2, 0) is 4.74 Å². The van der Waals surface area contributed by atoms with Gasteiger partial charge >= 0.3 is 0 Å². The van der Waals surface area contributed by atoms with Crippen LogP contribution in [0, 0.1) is 11.8 Å². The van der Waals surface area contributed by atoms with Crippen molar-refractivity contribution in [2.45, 2.75) is 76.4 Å². The minimum absolute atomic E-state index is 0.248. The highest BCUT2D eigenvalue weighted by Gasteiger charge is 2.41. The van der Waals surface area contributed by atoms with Crippen LogP contribution in [0.5, 0.6) is 0 Å². The third-order valence-corrected chi connectivity index (χ3v) is 7.02.